The number of fused-ring (bicyclic) bond motifs is 1. The predicted octanol–water partition coefficient (Wildman–Crippen LogP) is 3.98. The standard InChI is InChI=1S/C17H13Cl2N3O2/c1-2-22-15-10(4-3-7-20-15)8-12(17(22)24)16(23)21-11-5-6-13(18)14(19)9-11/h3-9H,2H2,1H3,(H,21,23). The Hall–Kier alpha value is -2.37. The Labute approximate surface area is 147 Å². The molecule has 0 aliphatic rings. The van der Waals surface area contributed by atoms with Crippen LogP contribution < -0.4 is 10.9 Å². The van der Waals surface area contributed by atoms with Crippen molar-refractivity contribution in [1.82, 2.24) is 9.55 Å². The summed E-state index contributed by atoms with van der Waals surface area (Å²) in [5.74, 6) is -0.508. The van der Waals surface area contributed by atoms with E-state index in [0.717, 1.165) is 5.39 Å². The zero-order valence-electron chi connectivity index (χ0n) is 12.7. The van der Waals surface area contributed by atoms with E-state index in [9.17, 15) is 9.59 Å². The molecule has 0 atom stereocenters. The lowest BCUT2D eigenvalue weighted by molar-refractivity contribution is 0.102. The number of pyridine rings is 2. The molecule has 0 unspecified atom stereocenters. The maximum atomic E-state index is 12.6. The van der Waals surface area contributed by atoms with Crippen molar-refractivity contribution < 1.29 is 4.79 Å². The van der Waals surface area contributed by atoms with Crippen molar-refractivity contribution >= 4 is 45.8 Å². The van der Waals surface area contributed by atoms with Crippen LogP contribution in [0.2, 0.25) is 10.0 Å². The van der Waals surface area contributed by atoms with E-state index in [0.29, 0.717) is 27.9 Å². The summed E-state index contributed by atoms with van der Waals surface area (Å²) >= 11 is 11.8. The average Bonchev–Trinajstić information content (AvgIpc) is 2.57. The maximum absolute atomic E-state index is 12.6. The number of nitrogens with one attached hydrogen (secondary N) is 1. The highest BCUT2D eigenvalue weighted by molar-refractivity contribution is 6.42. The van der Waals surface area contributed by atoms with Gasteiger partial charge in [0, 0.05) is 23.8 Å². The summed E-state index contributed by atoms with van der Waals surface area (Å²) in [5.41, 5.74) is 0.670. The lowest BCUT2D eigenvalue weighted by atomic mass is 10.2. The van der Waals surface area contributed by atoms with Crippen LogP contribution in [0.3, 0.4) is 0 Å². The minimum absolute atomic E-state index is 0.0448. The molecule has 3 rings (SSSR count). The number of halogens is 2. The average molecular weight is 362 g/mol. The van der Waals surface area contributed by atoms with Crippen LogP contribution in [0, 0.1) is 0 Å². The lowest BCUT2D eigenvalue weighted by Gasteiger charge is -2.11. The minimum atomic E-state index is -0.508. The molecule has 0 fully saturated rings. The Morgan fingerprint density at radius 3 is 2.71 bits per heavy atom. The molecule has 24 heavy (non-hydrogen) atoms. The Bertz CT molecular complexity index is 999. The van der Waals surface area contributed by atoms with Gasteiger partial charge in [0.25, 0.3) is 11.5 Å². The number of nitrogens with zero attached hydrogens (tertiary/aromatic N) is 2. The molecular weight excluding hydrogens is 349 g/mol. The van der Waals surface area contributed by atoms with Crippen molar-refractivity contribution in [2.75, 3.05) is 5.32 Å². The van der Waals surface area contributed by atoms with Gasteiger partial charge in [-0.05, 0) is 43.3 Å². The highest BCUT2D eigenvalue weighted by Crippen LogP contribution is 2.25. The summed E-state index contributed by atoms with van der Waals surface area (Å²) in [6.45, 7) is 2.25. The highest BCUT2D eigenvalue weighted by atomic mass is 35.5. The second-order valence-electron chi connectivity index (χ2n) is 5.11. The Kier molecular flexibility index (Phi) is 4.55. The molecule has 1 N–H and O–H groups in total. The van der Waals surface area contributed by atoms with Gasteiger partial charge in [-0.1, -0.05) is 23.2 Å². The number of carbonyl (C=O) groups is 1. The largest absolute Gasteiger partial charge is 0.322 e. The van der Waals surface area contributed by atoms with Gasteiger partial charge in [-0.25, -0.2) is 4.98 Å². The van der Waals surface area contributed by atoms with Crippen molar-refractivity contribution in [1.29, 1.82) is 0 Å². The molecule has 0 saturated heterocycles. The van der Waals surface area contributed by atoms with Crippen molar-refractivity contribution in [3.63, 3.8) is 0 Å². The molecule has 1 aromatic carbocycles. The Morgan fingerprint density at radius 2 is 2.00 bits per heavy atom. The summed E-state index contributed by atoms with van der Waals surface area (Å²) in [5, 5.41) is 4.10. The second kappa shape index (κ2) is 6.63. The third kappa shape index (κ3) is 3.00. The van der Waals surface area contributed by atoms with E-state index in [1.165, 1.54) is 10.6 Å². The fourth-order valence-electron chi connectivity index (χ4n) is 2.43. The predicted molar refractivity (Wildman–Crippen MR) is 96.1 cm³/mol. The second-order valence-corrected chi connectivity index (χ2v) is 5.92. The van der Waals surface area contributed by atoms with Gasteiger partial charge in [0.1, 0.15) is 11.2 Å². The smallest absolute Gasteiger partial charge is 0.265 e. The molecule has 0 saturated carbocycles. The summed E-state index contributed by atoms with van der Waals surface area (Å²) in [6, 6.07) is 9.84. The molecule has 0 bridgehead atoms. The topological polar surface area (TPSA) is 64.0 Å². The van der Waals surface area contributed by atoms with Gasteiger partial charge in [-0.3, -0.25) is 14.2 Å². The van der Waals surface area contributed by atoms with Gasteiger partial charge in [0.05, 0.1) is 10.0 Å². The highest BCUT2D eigenvalue weighted by Gasteiger charge is 2.16. The molecular formula is C17H13Cl2N3O2. The van der Waals surface area contributed by atoms with Crippen LogP contribution in [-0.2, 0) is 6.54 Å². The SMILES string of the molecule is CCn1c(=O)c(C(=O)Nc2ccc(Cl)c(Cl)c2)cc2cccnc21. The zero-order valence-corrected chi connectivity index (χ0v) is 14.2. The molecule has 0 radical (unpaired) electrons. The monoisotopic (exact) mass is 361 g/mol. The Balaban J connectivity index is 2.05. The number of hydrogen-bond donors (Lipinski definition) is 1. The number of aryl methyl sites for hydroxylation is 1. The van der Waals surface area contributed by atoms with Gasteiger partial charge in [0.15, 0.2) is 0 Å². The van der Waals surface area contributed by atoms with Crippen molar-refractivity contribution in [2.45, 2.75) is 13.5 Å². The van der Waals surface area contributed by atoms with E-state index in [2.05, 4.69) is 10.3 Å². The normalized spacial score (nSPS) is 10.8. The number of anilines is 1. The fraction of sp³-hybridized carbons (Fsp3) is 0.118. The van der Waals surface area contributed by atoms with Gasteiger partial charge < -0.3 is 5.32 Å². The molecule has 2 aromatic heterocycles. The number of amides is 1. The number of hydrogen-bond acceptors (Lipinski definition) is 3. The van der Waals surface area contributed by atoms with Crippen LogP contribution in [0.5, 0.6) is 0 Å². The quantitative estimate of drug-likeness (QED) is 0.767. The lowest BCUT2D eigenvalue weighted by Crippen LogP contribution is -2.29. The van der Waals surface area contributed by atoms with Crippen LogP contribution in [-0.4, -0.2) is 15.5 Å². The van der Waals surface area contributed by atoms with Gasteiger partial charge in [0.2, 0.25) is 0 Å². The van der Waals surface area contributed by atoms with Crippen LogP contribution >= 0.6 is 23.2 Å². The van der Waals surface area contributed by atoms with Crippen LogP contribution in [0.1, 0.15) is 17.3 Å². The van der Waals surface area contributed by atoms with Crippen LogP contribution in [0.4, 0.5) is 5.69 Å². The van der Waals surface area contributed by atoms with E-state index < -0.39 is 5.91 Å². The molecule has 0 spiro atoms. The molecule has 3 aromatic rings. The molecule has 5 nitrogen and oxygen atoms in total. The number of aromatic nitrogens is 2. The summed E-state index contributed by atoms with van der Waals surface area (Å²) in [6.07, 6.45) is 1.61. The summed E-state index contributed by atoms with van der Waals surface area (Å²) < 4.78 is 1.47. The first-order valence-electron chi connectivity index (χ1n) is 7.26. The van der Waals surface area contributed by atoms with Crippen LogP contribution in [0.25, 0.3) is 11.0 Å². The molecule has 2 heterocycles. The fourth-order valence-corrected chi connectivity index (χ4v) is 2.73. The first kappa shape index (κ1) is 16.5. The number of carbonyl (C=O) groups excluding carboxylic acids is 1. The Morgan fingerprint density at radius 1 is 1.21 bits per heavy atom. The molecule has 1 amide bonds. The number of benzene rings is 1. The van der Waals surface area contributed by atoms with E-state index in [1.54, 1.807) is 30.5 Å². The third-order valence-electron chi connectivity index (χ3n) is 3.59. The summed E-state index contributed by atoms with van der Waals surface area (Å²) in [7, 11) is 0. The van der Waals surface area contributed by atoms with Gasteiger partial charge in [-0.2, -0.15) is 0 Å². The van der Waals surface area contributed by atoms with E-state index in [1.807, 2.05) is 13.0 Å². The van der Waals surface area contributed by atoms with E-state index in [-0.39, 0.29) is 11.1 Å². The van der Waals surface area contributed by atoms with Crippen molar-refractivity contribution in [3.8, 4) is 0 Å². The van der Waals surface area contributed by atoms with Gasteiger partial charge >= 0.3 is 0 Å². The van der Waals surface area contributed by atoms with Gasteiger partial charge in [-0.15, -0.1) is 0 Å². The molecule has 122 valence electrons. The first-order valence-corrected chi connectivity index (χ1v) is 8.02. The molecule has 0 aliphatic carbocycles. The van der Waals surface area contributed by atoms with Crippen LogP contribution in [0.15, 0.2) is 47.4 Å². The first-order chi connectivity index (χ1) is 11.5. The third-order valence-corrected chi connectivity index (χ3v) is 4.33. The molecule has 0 aliphatic heterocycles. The number of rotatable bonds is 3. The molecule has 7 heteroatoms. The van der Waals surface area contributed by atoms with E-state index >= 15 is 0 Å². The van der Waals surface area contributed by atoms with Crippen molar-refractivity contribution in [3.05, 3.63) is 68.6 Å². The zero-order chi connectivity index (χ0) is 17.3. The maximum Gasteiger partial charge on any atom is 0.265 e. The van der Waals surface area contributed by atoms with E-state index in [4.69, 9.17) is 23.2 Å². The van der Waals surface area contributed by atoms with Crippen molar-refractivity contribution in [2.24, 2.45) is 0 Å². The minimum Gasteiger partial charge on any atom is -0.322 e. The summed E-state index contributed by atoms with van der Waals surface area (Å²) in [4.78, 5) is 29.3.